The van der Waals surface area contributed by atoms with Crippen molar-refractivity contribution < 1.29 is 17.9 Å². The van der Waals surface area contributed by atoms with Crippen molar-refractivity contribution in [3.8, 4) is 0 Å². The summed E-state index contributed by atoms with van der Waals surface area (Å²) in [4.78, 5) is 6.98. The third-order valence-corrected chi connectivity index (χ3v) is 7.54. The van der Waals surface area contributed by atoms with E-state index < -0.39 is 9.84 Å². The molecule has 1 atom stereocenters. The number of guanidine groups is 1. The summed E-state index contributed by atoms with van der Waals surface area (Å²) in [7, 11) is -1.46. The third kappa shape index (κ3) is 8.51. The summed E-state index contributed by atoms with van der Waals surface area (Å²) in [5, 5.41) is 3.31. The van der Waals surface area contributed by atoms with Crippen molar-refractivity contribution >= 4 is 39.8 Å². The Balaban J connectivity index is 0.00000341. The summed E-state index contributed by atoms with van der Waals surface area (Å²) in [6.07, 6.45) is 6.53. The van der Waals surface area contributed by atoms with E-state index in [1.807, 2.05) is 6.07 Å². The maximum Gasteiger partial charge on any atom is 0.193 e. The highest BCUT2D eigenvalue weighted by molar-refractivity contribution is 14.0. The van der Waals surface area contributed by atoms with E-state index in [2.05, 4.69) is 15.2 Å². The first-order valence-electron chi connectivity index (χ1n) is 11.0. The molecule has 0 amide bonds. The Hall–Kier alpha value is -0.910. The van der Waals surface area contributed by atoms with Crippen LogP contribution in [0.5, 0.6) is 0 Å². The quantitative estimate of drug-likeness (QED) is 0.226. The van der Waals surface area contributed by atoms with Gasteiger partial charge >= 0.3 is 0 Å². The Morgan fingerprint density at radius 1 is 1.19 bits per heavy atom. The first-order valence-corrected chi connectivity index (χ1v) is 12.7. The predicted molar refractivity (Wildman–Crippen MR) is 134 cm³/mol. The van der Waals surface area contributed by atoms with E-state index in [1.54, 1.807) is 31.3 Å². The van der Waals surface area contributed by atoms with Crippen molar-refractivity contribution in [1.29, 1.82) is 0 Å². The fourth-order valence-electron chi connectivity index (χ4n) is 3.96. The summed E-state index contributed by atoms with van der Waals surface area (Å²) < 4.78 is 36.6. The molecule has 3 rings (SSSR count). The van der Waals surface area contributed by atoms with Gasteiger partial charge in [0.1, 0.15) is 0 Å². The van der Waals surface area contributed by atoms with Crippen LogP contribution in [0.1, 0.15) is 38.5 Å². The minimum Gasteiger partial charge on any atom is -0.376 e. The lowest BCUT2D eigenvalue weighted by Crippen LogP contribution is -2.47. The molecular formula is C22H36IN3O4S. The van der Waals surface area contributed by atoms with Crippen molar-refractivity contribution in [1.82, 2.24) is 10.2 Å². The van der Waals surface area contributed by atoms with Crippen LogP contribution in [-0.2, 0) is 19.3 Å². The van der Waals surface area contributed by atoms with Crippen LogP contribution >= 0.6 is 24.0 Å². The van der Waals surface area contributed by atoms with Crippen molar-refractivity contribution in [3.05, 3.63) is 30.3 Å². The van der Waals surface area contributed by atoms with Gasteiger partial charge in [0.25, 0.3) is 0 Å². The first-order chi connectivity index (χ1) is 14.6. The maximum atomic E-state index is 12.4. The van der Waals surface area contributed by atoms with E-state index in [9.17, 15) is 8.42 Å². The van der Waals surface area contributed by atoms with Gasteiger partial charge in [-0.2, -0.15) is 0 Å². The Bertz CT molecular complexity index is 762. The van der Waals surface area contributed by atoms with Gasteiger partial charge in [-0.15, -0.1) is 24.0 Å². The van der Waals surface area contributed by atoms with Crippen molar-refractivity contribution in [2.75, 3.05) is 45.6 Å². The summed E-state index contributed by atoms with van der Waals surface area (Å²) in [5.41, 5.74) is 0. The normalized spacial score (nSPS) is 20.9. The summed E-state index contributed by atoms with van der Waals surface area (Å²) >= 11 is 0. The number of nitrogens with one attached hydrogen (secondary N) is 1. The number of piperidine rings is 1. The van der Waals surface area contributed by atoms with Gasteiger partial charge in [0.05, 0.1) is 29.5 Å². The molecule has 7 nitrogen and oxygen atoms in total. The van der Waals surface area contributed by atoms with Crippen LogP contribution in [-0.4, -0.2) is 77.1 Å². The Morgan fingerprint density at radius 2 is 1.94 bits per heavy atom. The lowest BCUT2D eigenvalue weighted by atomic mass is 10.1. The molecule has 2 aliphatic heterocycles. The Morgan fingerprint density at radius 3 is 2.58 bits per heavy atom. The van der Waals surface area contributed by atoms with Crippen LogP contribution in [0.4, 0.5) is 0 Å². The van der Waals surface area contributed by atoms with Crippen LogP contribution < -0.4 is 5.32 Å². The summed E-state index contributed by atoms with van der Waals surface area (Å²) in [5.74, 6) is 0.960. The molecule has 0 bridgehead atoms. The van der Waals surface area contributed by atoms with Crippen molar-refractivity contribution in [2.24, 2.45) is 4.99 Å². The zero-order valence-electron chi connectivity index (χ0n) is 18.4. The predicted octanol–water partition coefficient (Wildman–Crippen LogP) is 3.09. The van der Waals surface area contributed by atoms with E-state index in [4.69, 9.17) is 9.47 Å². The van der Waals surface area contributed by atoms with Crippen molar-refractivity contribution in [3.63, 3.8) is 0 Å². The Kier molecular flexibility index (Phi) is 11.6. The van der Waals surface area contributed by atoms with Gasteiger partial charge < -0.3 is 19.7 Å². The minimum absolute atomic E-state index is 0. The highest BCUT2D eigenvalue weighted by Crippen LogP contribution is 2.18. The van der Waals surface area contributed by atoms with E-state index in [0.29, 0.717) is 24.5 Å². The van der Waals surface area contributed by atoms with Crippen LogP contribution in [0.2, 0.25) is 0 Å². The molecule has 0 spiro atoms. The molecule has 0 radical (unpaired) electrons. The van der Waals surface area contributed by atoms with E-state index >= 15 is 0 Å². The molecule has 1 N–H and O–H groups in total. The molecule has 1 unspecified atom stereocenters. The van der Waals surface area contributed by atoms with Crippen LogP contribution in [0, 0.1) is 0 Å². The van der Waals surface area contributed by atoms with Crippen LogP contribution in [0.3, 0.4) is 0 Å². The van der Waals surface area contributed by atoms with Crippen LogP contribution in [0.15, 0.2) is 40.2 Å². The largest absolute Gasteiger partial charge is 0.376 e. The molecule has 176 valence electrons. The standard InChI is InChI=1S/C22H35N3O4S.HI/c1-23-22(24-13-7-17-30(26,27)21-9-3-2-4-10-21)25-14-11-19(12-15-25)29-18-20-8-5-6-16-28-20;/h2-4,9-10,19-20H,5-8,11-18H2,1H3,(H,23,24);1H. The molecule has 0 saturated carbocycles. The monoisotopic (exact) mass is 565 g/mol. The van der Waals surface area contributed by atoms with E-state index in [-0.39, 0.29) is 41.9 Å². The van der Waals surface area contributed by atoms with Gasteiger partial charge in [0.2, 0.25) is 0 Å². The molecule has 0 aromatic heterocycles. The van der Waals surface area contributed by atoms with Gasteiger partial charge in [-0.1, -0.05) is 18.2 Å². The number of benzene rings is 1. The number of hydrogen-bond acceptors (Lipinski definition) is 5. The van der Waals surface area contributed by atoms with Gasteiger partial charge in [-0.3, -0.25) is 4.99 Å². The minimum atomic E-state index is -3.23. The molecule has 2 saturated heterocycles. The highest BCUT2D eigenvalue weighted by Gasteiger charge is 2.24. The average molecular weight is 566 g/mol. The zero-order chi connectivity index (χ0) is 21.2. The second-order valence-corrected chi connectivity index (χ2v) is 10.1. The number of likely N-dealkylation sites (tertiary alicyclic amines) is 1. The van der Waals surface area contributed by atoms with Gasteiger partial charge in [-0.25, -0.2) is 8.42 Å². The van der Waals surface area contributed by atoms with Gasteiger partial charge in [0, 0.05) is 33.3 Å². The molecule has 1 aromatic rings. The average Bonchev–Trinajstić information content (AvgIpc) is 2.79. The third-order valence-electron chi connectivity index (χ3n) is 5.72. The van der Waals surface area contributed by atoms with E-state index in [1.165, 1.54) is 12.8 Å². The first kappa shape index (κ1) is 26.3. The lowest BCUT2D eigenvalue weighted by molar-refractivity contribution is -0.0721. The molecule has 1 aromatic carbocycles. The zero-order valence-corrected chi connectivity index (χ0v) is 21.5. The number of halogens is 1. The fraction of sp³-hybridized carbons (Fsp3) is 0.682. The van der Waals surface area contributed by atoms with Crippen molar-refractivity contribution in [2.45, 2.75) is 55.6 Å². The number of rotatable bonds is 8. The van der Waals surface area contributed by atoms with Gasteiger partial charge in [-0.05, 0) is 50.7 Å². The molecule has 31 heavy (non-hydrogen) atoms. The number of sulfone groups is 1. The van der Waals surface area contributed by atoms with Crippen LogP contribution in [0.25, 0.3) is 0 Å². The second kappa shape index (κ2) is 13.6. The van der Waals surface area contributed by atoms with Gasteiger partial charge in [0.15, 0.2) is 15.8 Å². The smallest absolute Gasteiger partial charge is 0.193 e. The summed E-state index contributed by atoms with van der Waals surface area (Å²) in [6.45, 7) is 3.92. The topological polar surface area (TPSA) is 80.2 Å². The number of ether oxygens (including phenoxy) is 2. The lowest BCUT2D eigenvalue weighted by Gasteiger charge is -2.35. The molecule has 2 heterocycles. The second-order valence-electron chi connectivity index (χ2n) is 7.97. The number of aliphatic imine (C=N–C) groups is 1. The summed E-state index contributed by atoms with van der Waals surface area (Å²) in [6, 6.07) is 8.62. The fourth-order valence-corrected chi connectivity index (χ4v) is 5.29. The molecule has 9 heteroatoms. The SMILES string of the molecule is CN=C(NCCCS(=O)(=O)c1ccccc1)N1CCC(OCC2CCCCO2)CC1.I. The molecule has 0 aliphatic carbocycles. The van der Waals surface area contributed by atoms with E-state index in [0.717, 1.165) is 44.9 Å². The number of hydrogen-bond donors (Lipinski definition) is 1. The Labute approximate surface area is 203 Å². The molecular weight excluding hydrogens is 529 g/mol. The number of nitrogens with zero attached hydrogens (tertiary/aromatic N) is 2. The molecule has 2 aliphatic rings. The maximum absolute atomic E-state index is 12.4. The molecule has 2 fully saturated rings. The highest BCUT2D eigenvalue weighted by atomic mass is 127.